The lowest BCUT2D eigenvalue weighted by atomic mass is 10.0. The molecule has 0 aliphatic heterocycles. The third kappa shape index (κ3) is 52.7. The fourth-order valence-electron chi connectivity index (χ4n) is 8.59. The SMILES string of the molecule is CCCCC/C=C\C/C=C\CCCCCCCCCC(=O)OC(COC(=O)CCCCCCCCCCCCCCCCC)COC(=O)CCCCCCCCCCCCCCCCC. The van der Waals surface area contributed by atoms with Gasteiger partial charge in [-0.1, -0.05) is 270 Å². The van der Waals surface area contributed by atoms with E-state index in [1.165, 1.54) is 205 Å². The molecule has 0 saturated carbocycles. The van der Waals surface area contributed by atoms with Crippen molar-refractivity contribution in [3.05, 3.63) is 24.3 Å². The summed E-state index contributed by atoms with van der Waals surface area (Å²) in [6, 6.07) is 0. The summed E-state index contributed by atoms with van der Waals surface area (Å²) >= 11 is 0. The molecular weight excluding hydrogens is 805 g/mol. The van der Waals surface area contributed by atoms with Gasteiger partial charge in [-0.05, 0) is 51.4 Å². The van der Waals surface area contributed by atoms with Gasteiger partial charge in [-0.3, -0.25) is 14.4 Å². The van der Waals surface area contributed by atoms with Crippen LogP contribution in [0.15, 0.2) is 24.3 Å². The second-order valence-corrected chi connectivity index (χ2v) is 19.6. The molecule has 0 bridgehead atoms. The zero-order valence-corrected chi connectivity index (χ0v) is 43.8. The number of hydrogen-bond donors (Lipinski definition) is 0. The Hall–Kier alpha value is -2.11. The molecule has 0 saturated heterocycles. The van der Waals surface area contributed by atoms with Gasteiger partial charge in [0.05, 0.1) is 0 Å². The highest BCUT2D eigenvalue weighted by atomic mass is 16.6. The first kappa shape index (κ1) is 62.9. The zero-order chi connectivity index (χ0) is 47.2. The molecule has 0 aliphatic rings. The minimum atomic E-state index is -0.770. The number of carbonyl (C=O) groups excluding carboxylic acids is 3. The van der Waals surface area contributed by atoms with Crippen LogP contribution in [0, 0.1) is 0 Å². The molecule has 0 amide bonds. The van der Waals surface area contributed by atoms with Crippen molar-refractivity contribution < 1.29 is 28.6 Å². The lowest BCUT2D eigenvalue weighted by Crippen LogP contribution is -2.30. The first-order valence-electron chi connectivity index (χ1n) is 28.8. The maximum absolute atomic E-state index is 12.8. The average molecular weight is 916 g/mol. The van der Waals surface area contributed by atoms with E-state index in [4.69, 9.17) is 14.2 Å². The van der Waals surface area contributed by atoms with Crippen LogP contribution in [0.1, 0.15) is 316 Å². The minimum Gasteiger partial charge on any atom is -0.462 e. The predicted octanol–water partition coefficient (Wildman–Crippen LogP) is 19.1. The fraction of sp³-hybridized carbons (Fsp3) is 0.881. The van der Waals surface area contributed by atoms with Gasteiger partial charge in [0.1, 0.15) is 13.2 Å². The summed E-state index contributed by atoms with van der Waals surface area (Å²) in [5.41, 5.74) is 0. The molecule has 0 N–H and O–H groups in total. The number of allylic oxidation sites excluding steroid dienone is 4. The number of esters is 3. The van der Waals surface area contributed by atoms with Crippen LogP contribution in [0.5, 0.6) is 0 Å². The number of hydrogen-bond acceptors (Lipinski definition) is 6. The normalized spacial score (nSPS) is 11.7. The molecule has 0 aromatic carbocycles. The highest BCUT2D eigenvalue weighted by molar-refractivity contribution is 5.71. The molecule has 6 heteroatoms. The lowest BCUT2D eigenvalue weighted by Gasteiger charge is -2.18. The largest absolute Gasteiger partial charge is 0.462 e. The standard InChI is InChI=1S/C59H110O6/c1-4-7-10-13-16-19-22-25-28-29-32-35-38-41-44-47-50-53-59(62)65-56(54-63-57(60)51-48-45-42-39-36-33-30-26-23-20-17-14-11-8-5-2)55-64-58(61)52-49-46-43-40-37-34-31-27-24-21-18-15-12-9-6-3/h16,19,25,28,56H,4-15,17-18,20-24,26-27,29-55H2,1-3H3/b19-16-,28-25-. The molecule has 0 aromatic rings. The fourth-order valence-corrected chi connectivity index (χ4v) is 8.59. The zero-order valence-electron chi connectivity index (χ0n) is 43.8. The van der Waals surface area contributed by atoms with Crippen LogP contribution in [-0.4, -0.2) is 37.2 Å². The van der Waals surface area contributed by atoms with Gasteiger partial charge in [0, 0.05) is 19.3 Å². The van der Waals surface area contributed by atoms with Crippen molar-refractivity contribution >= 4 is 17.9 Å². The van der Waals surface area contributed by atoms with Crippen LogP contribution in [0.25, 0.3) is 0 Å². The monoisotopic (exact) mass is 915 g/mol. The van der Waals surface area contributed by atoms with Crippen LogP contribution < -0.4 is 0 Å². The molecule has 0 rings (SSSR count). The van der Waals surface area contributed by atoms with E-state index in [9.17, 15) is 14.4 Å². The topological polar surface area (TPSA) is 78.9 Å². The molecule has 0 aromatic heterocycles. The third-order valence-corrected chi connectivity index (χ3v) is 13.0. The summed E-state index contributed by atoms with van der Waals surface area (Å²) < 4.78 is 16.9. The van der Waals surface area contributed by atoms with Crippen LogP contribution in [-0.2, 0) is 28.6 Å². The Balaban J connectivity index is 4.34. The van der Waals surface area contributed by atoms with Gasteiger partial charge in [0.15, 0.2) is 6.10 Å². The average Bonchev–Trinajstić information content (AvgIpc) is 3.30. The molecule has 0 unspecified atom stereocenters. The molecule has 0 aliphatic carbocycles. The van der Waals surface area contributed by atoms with Gasteiger partial charge in [-0.15, -0.1) is 0 Å². The molecule has 0 atom stereocenters. The summed E-state index contributed by atoms with van der Waals surface area (Å²) in [4.78, 5) is 38.1. The summed E-state index contributed by atoms with van der Waals surface area (Å²) in [5, 5.41) is 0. The van der Waals surface area contributed by atoms with E-state index in [1.54, 1.807) is 0 Å². The number of ether oxygens (including phenoxy) is 3. The van der Waals surface area contributed by atoms with Crippen LogP contribution >= 0.6 is 0 Å². The Bertz CT molecular complexity index is 1000. The quantitative estimate of drug-likeness (QED) is 0.0262. The van der Waals surface area contributed by atoms with Crippen molar-refractivity contribution in [2.75, 3.05) is 13.2 Å². The third-order valence-electron chi connectivity index (χ3n) is 13.0. The molecule has 0 radical (unpaired) electrons. The second kappa shape index (κ2) is 54.5. The molecule has 6 nitrogen and oxygen atoms in total. The van der Waals surface area contributed by atoms with Crippen molar-refractivity contribution in [1.29, 1.82) is 0 Å². The van der Waals surface area contributed by atoms with E-state index in [0.717, 1.165) is 70.6 Å². The van der Waals surface area contributed by atoms with Crippen molar-refractivity contribution in [2.45, 2.75) is 322 Å². The molecule has 0 fully saturated rings. The first-order valence-corrected chi connectivity index (χ1v) is 28.8. The molecule has 0 spiro atoms. The van der Waals surface area contributed by atoms with Crippen molar-refractivity contribution in [2.24, 2.45) is 0 Å². The van der Waals surface area contributed by atoms with E-state index in [1.807, 2.05) is 0 Å². The van der Waals surface area contributed by atoms with Gasteiger partial charge in [0.2, 0.25) is 0 Å². The van der Waals surface area contributed by atoms with Crippen LogP contribution in [0.3, 0.4) is 0 Å². The van der Waals surface area contributed by atoms with Crippen molar-refractivity contribution in [3.63, 3.8) is 0 Å². The van der Waals surface area contributed by atoms with E-state index in [0.29, 0.717) is 19.3 Å². The Morgan fingerprint density at radius 2 is 0.554 bits per heavy atom. The molecule has 382 valence electrons. The van der Waals surface area contributed by atoms with E-state index >= 15 is 0 Å². The summed E-state index contributed by atoms with van der Waals surface area (Å²) in [5.74, 6) is -0.855. The molecular formula is C59H110O6. The number of rotatable bonds is 53. The van der Waals surface area contributed by atoms with Crippen LogP contribution in [0.2, 0.25) is 0 Å². The smallest absolute Gasteiger partial charge is 0.306 e. The number of carbonyl (C=O) groups is 3. The van der Waals surface area contributed by atoms with Gasteiger partial charge in [-0.25, -0.2) is 0 Å². The predicted molar refractivity (Wildman–Crippen MR) is 279 cm³/mol. The van der Waals surface area contributed by atoms with E-state index in [2.05, 4.69) is 45.1 Å². The highest BCUT2D eigenvalue weighted by Gasteiger charge is 2.19. The Kier molecular flexibility index (Phi) is 52.7. The van der Waals surface area contributed by atoms with Crippen molar-refractivity contribution in [3.8, 4) is 0 Å². The molecule has 65 heavy (non-hydrogen) atoms. The second-order valence-electron chi connectivity index (χ2n) is 19.6. The van der Waals surface area contributed by atoms with Gasteiger partial charge < -0.3 is 14.2 Å². The van der Waals surface area contributed by atoms with E-state index < -0.39 is 6.10 Å². The minimum absolute atomic E-state index is 0.0690. The van der Waals surface area contributed by atoms with E-state index in [-0.39, 0.29) is 31.1 Å². The molecule has 0 heterocycles. The maximum atomic E-state index is 12.8. The summed E-state index contributed by atoms with van der Waals surface area (Å²) in [7, 11) is 0. The van der Waals surface area contributed by atoms with Crippen molar-refractivity contribution in [1.82, 2.24) is 0 Å². The van der Waals surface area contributed by atoms with Gasteiger partial charge >= 0.3 is 17.9 Å². The Morgan fingerprint density at radius 1 is 0.308 bits per heavy atom. The maximum Gasteiger partial charge on any atom is 0.306 e. The number of unbranched alkanes of at least 4 members (excludes halogenated alkanes) is 38. The Morgan fingerprint density at radius 3 is 0.877 bits per heavy atom. The lowest BCUT2D eigenvalue weighted by molar-refractivity contribution is -0.167. The first-order chi connectivity index (χ1) is 32.0. The van der Waals surface area contributed by atoms with Gasteiger partial charge in [-0.2, -0.15) is 0 Å². The van der Waals surface area contributed by atoms with Crippen LogP contribution in [0.4, 0.5) is 0 Å². The summed E-state index contributed by atoms with van der Waals surface area (Å²) in [6.07, 6.45) is 63.0. The summed E-state index contributed by atoms with van der Waals surface area (Å²) in [6.45, 7) is 6.66. The Labute approximate surface area is 404 Å². The highest BCUT2D eigenvalue weighted by Crippen LogP contribution is 2.17. The van der Waals surface area contributed by atoms with Gasteiger partial charge in [0.25, 0.3) is 0 Å².